The minimum Gasteiger partial charge on any atom is -0.395 e. The predicted octanol–water partition coefficient (Wildman–Crippen LogP) is -0.500. The summed E-state index contributed by atoms with van der Waals surface area (Å²) in [6, 6.07) is 0. The van der Waals surface area contributed by atoms with Crippen molar-refractivity contribution in [1.29, 1.82) is 0 Å². The Kier molecular flexibility index (Phi) is 3.13. The van der Waals surface area contributed by atoms with Crippen LogP contribution in [0.25, 0.3) is 0 Å². The van der Waals surface area contributed by atoms with E-state index in [0.29, 0.717) is 0 Å². The molecule has 7 heteroatoms. The summed E-state index contributed by atoms with van der Waals surface area (Å²) < 4.78 is 50.8. The topological polar surface area (TPSA) is 74.6 Å². The zero-order valence-corrected chi connectivity index (χ0v) is 5.55. The van der Waals surface area contributed by atoms with Gasteiger partial charge in [0.1, 0.15) is 0 Å². The Hall–Kier alpha value is -0.270. The summed E-state index contributed by atoms with van der Waals surface area (Å²) in [5, 5.41) is 5.63. The van der Waals surface area contributed by atoms with Crippen molar-refractivity contribution < 1.29 is 26.9 Å². The first-order valence-electron chi connectivity index (χ1n) is 2.25. The second-order valence-electron chi connectivity index (χ2n) is 1.57. The van der Waals surface area contributed by atoms with E-state index in [1.54, 1.807) is 0 Å². The quantitative estimate of drug-likeness (QED) is 0.568. The molecule has 0 aliphatic heterocycles. The lowest BCUT2D eigenvalue weighted by molar-refractivity contribution is 0.109. The summed E-state index contributed by atoms with van der Waals surface area (Å²) in [5.41, 5.74) is 0. The van der Waals surface area contributed by atoms with Gasteiger partial charge in [-0.3, -0.25) is 4.55 Å². The molecule has 2 N–H and O–H groups in total. The Balaban J connectivity index is 4.38. The molecule has 0 saturated heterocycles. The fourth-order valence-electron chi connectivity index (χ4n) is 0.304. The number of alkyl halides is 2. The third kappa shape index (κ3) is 2.54. The number of hydrogen-bond donors (Lipinski definition) is 2. The summed E-state index contributed by atoms with van der Waals surface area (Å²) >= 11 is 0. The molecule has 0 aliphatic rings. The molecule has 0 fully saturated rings. The molecule has 0 radical (unpaired) electrons. The fraction of sp³-hybridized carbons (Fsp3) is 1.00. The lowest BCUT2D eigenvalue weighted by Gasteiger charge is -2.07. The van der Waals surface area contributed by atoms with Crippen LogP contribution < -0.4 is 0 Å². The summed E-state index contributed by atoms with van der Waals surface area (Å²) in [5.74, 6) is 0. The lowest BCUT2D eigenvalue weighted by atomic mass is 10.5. The number of aliphatic hydroxyl groups is 1. The SMILES string of the molecule is O=S(=O)(O)C(CO)C(F)F. The Bertz CT molecular complexity index is 187. The molecule has 0 spiro atoms. The van der Waals surface area contributed by atoms with E-state index in [9.17, 15) is 17.2 Å². The maximum absolute atomic E-state index is 11.5. The van der Waals surface area contributed by atoms with Gasteiger partial charge in [0.2, 0.25) is 0 Å². The van der Waals surface area contributed by atoms with Crippen molar-refractivity contribution in [3.63, 3.8) is 0 Å². The van der Waals surface area contributed by atoms with Gasteiger partial charge in [0.15, 0.2) is 5.25 Å². The highest BCUT2D eigenvalue weighted by molar-refractivity contribution is 7.86. The van der Waals surface area contributed by atoms with Gasteiger partial charge >= 0.3 is 0 Å². The van der Waals surface area contributed by atoms with Crippen molar-refractivity contribution in [3.05, 3.63) is 0 Å². The third-order valence-electron chi connectivity index (χ3n) is 0.844. The fourth-order valence-corrected chi connectivity index (χ4v) is 0.752. The molecular formula is C3H6F2O4S. The zero-order valence-electron chi connectivity index (χ0n) is 4.74. The third-order valence-corrected chi connectivity index (χ3v) is 1.96. The van der Waals surface area contributed by atoms with Crippen LogP contribution in [0.3, 0.4) is 0 Å². The maximum atomic E-state index is 11.5. The van der Waals surface area contributed by atoms with Gasteiger partial charge in [0.25, 0.3) is 16.5 Å². The Labute approximate surface area is 56.2 Å². The van der Waals surface area contributed by atoms with Crippen molar-refractivity contribution in [2.45, 2.75) is 11.7 Å². The van der Waals surface area contributed by atoms with Gasteiger partial charge in [-0.2, -0.15) is 8.42 Å². The largest absolute Gasteiger partial charge is 0.395 e. The molecule has 10 heavy (non-hydrogen) atoms. The Morgan fingerprint density at radius 1 is 1.40 bits per heavy atom. The van der Waals surface area contributed by atoms with E-state index in [4.69, 9.17) is 9.66 Å². The number of halogens is 2. The Morgan fingerprint density at radius 2 is 1.80 bits per heavy atom. The van der Waals surface area contributed by atoms with Crippen molar-refractivity contribution >= 4 is 10.1 Å². The van der Waals surface area contributed by atoms with E-state index in [0.717, 1.165) is 0 Å². The van der Waals surface area contributed by atoms with Gasteiger partial charge < -0.3 is 5.11 Å². The van der Waals surface area contributed by atoms with Crippen LogP contribution in [0, 0.1) is 0 Å². The zero-order chi connectivity index (χ0) is 8.36. The van der Waals surface area contributed by atoms with Crippen LogP contribution in [0.1, 0.15) is 0 Å². The minimum absolute atomic E-state index is 1.28. The molecular weight excluding hydrogens is 170 g/mol. The van der Waals surface area contributed by atoms with Crippen molar-refractivity contribution in [3.8, 4) is 0 Å². The van der Waals surface area contributed by atoms with E-state index in [1.807, 2.05) is 0 Å². The molecule has 0 rings (SSSR count). The molecule has 0 aromatic carbocycles. The first kappa shape index (κ1) is 9.73. The molecule has 0 aromatic rings. The van der Waals surface area contributed by atoms with E-state index in [1.165, 1.54) is 0 Å². The smallest absolute Gasteiger partial charge is 0.275 e. The van der Waals surface area contributed by atoms with E-state index in [2.05, 4.69) is 0 Å². The molecule has 1 atom stereocenters. The van der Waals surface area contributed by atoms with Gasteiger partial charge in [-0.25, -0.2) is 8.78 Å². The minimum atomic E-state index is -4.81. The van der Waals surface area contributed by atoms with Crippen LogP contribution >= 0.6 is 0 Å². The number of hydrogen-bond acceptors (Lipinski definition) is 3. The van der Waals surface area contributed by atoms with Crippen LogP contribution in [0.4, 0.5) is 8.78 Å². The van der Waals surface area contributed by atoms with Crippen LogP contribution in [0.5, 0.6) is 0 Å². The summed E-state index contributed by atoms with van der Waals surface area (Å²) in [7, 11) is -4.81. The van der Waals surface area contributed by atoms with E-state index < -0.39 is 28.4 Å². The molecule has 4 nitrogen and oxygen atoms in total. The molecule has 0 amide bonds. The van der Waals surface area contributed by atoms with Crippen LogP contribution in [0.15, 0.2) is 0 Å². The first-order valence-corrected chi connectivity index (χ1v) is 3.75. The van der Waals surface area contributed by atoms with Crippen LogP contribution in [0.2, 0.25) is 0 Å². The molecule has 0 aromatic heterocycles. The number of rotatable bonds is 3. The van der Waals surface area contributed by atoms with Gasteiger partial charge in [-0.15, -0.1) is 0 Å². The Morgan fingerprint density at radius 3 is 1.80 bits per heavy atom. The summed E-state index contributed by atoms with van der Waals surface area (Å²) in [6.45, 7) is -1.28. The van der Waals surface area contributed by atoms with Gasteiger partial charge in [-0.1, -0.05) is 0 Å². The predicted molar refractivity (Wildman–Crippen MR) is 28.4 cm³/mol. The number of aliphatic hydroxyl groups excluding tert-OH is 1. The van der Waals surface area contributed by atoms with E-state index in [-0.39, 0.29) is 0 Å². The highest BCUT2D eigenvalue weighted by Crippen LogP contribution is 2.08. The molecule has 1 unspecified atom stereocenters. The molecule has 0 saturated carbocycles. The lowest BCUT2D eigenvalue weighted by Crippen LogP contribution is -2.31. The van der Waals surface area contributed by atoms with Crippen molar-refractivity contribution in [1.82, 2.24) is 0 Å². The average Bonchev–Trinajstić information content (AvgIpc) is 1.60. The highest BCUT2D eigenvalue weighted by atomic mass is 32.2. The standard InChI is InChI=1S/C3H6F2O4S/c4-3(5)2(1-6)10(7,8)9/h2-3,6H,1H2,(H,7,8,9). The summed E-state index contributed by atoms with van der Waals surface area (Å²) in [6.07, 6.45) is -3.26. The van der Waals surface area contributed by atoms with Crippen LogP contribution in [-0.2, 0) is 10.1 Å². The second-order valence-corrected chi connectivity index (χ2v) is 3.21. The maximum Gasteiger partial charge on any atom is 0.275 e. The van der Waals surface area contributed by atoms with Gasteiger partial charge in [0.05, 0.1) is 6.61 Å². The van der Waals surface area contributed by atoms with Gasteiger partial charge in [0, 0.05) is 0 Å². The molecule has 62 valence electrons. The van der Waals surface area contributed by atoms with Crippen LogP contribution in [-0.4, -0.2) is 36.4 Å². The normalized spacial score (nSPS) is 15.7. The van der Waals surface area contributed by atoms with E-state index >= 15 is 0 Å². The molecule has 0 heterocycles. The second kappa shape index (κ2) is 3.22. The molecule has 0 bridgehead atoms. The summed E-state index contributed by atoms with van der Waals surface area (Å²) in [4.78, 5) is 0. The molecule has 0 aliphatic carbocycles. The average molecular weight is 176 g/mol. The monoisotopic (exact) mass is 176 g/mol. The van der Waals surface area contributed by atoms with Gasteiger partial charge in [-0.05, 0) is 0 Å². The highest BCUT2D eigenvalue weighted by Gasteiger charge is 2.31. The first-order chi connectivity index (χ1) is 4.39. The van der Waals surface area contributed by atoms with Crippen molar-refractivity contribution in [2.75, 3.05) is 6.61 Å². The van der Waals surface area contributed by atoms with Crippen molar-refractivity contribution in [2.24, 2.45) is 0 Å².